The van der Waals surface area contributed by atoms with Crippen LogP contribution in [-0.2, 0) is 11.8 Å². The zero-order valence-corrected chi connectivity index (χ0v) is 16.0. The number of hydrogen-bond acceptors (Lipinski definition) is 5. The van der Waals surface area contributed by atoms with Crippen LogP contribution in [0.1, 0.15) is 22.2 Å². The van der Waals surface area contributed by atoms with Gasteiger partial charge in [-0.3, -0.25) is 14.4 Å². The van der Waals surface area contributed by atoms with Crippen molar-refractivity contribution in [2.24, 2.45) is 7.05 Å². The first-order valence-corrected chi connectivity index (χ1v) is 9.42. The number of fused-ring (bicyclic) bond motifs is 1. The number of imidazole rings is 1. The molecule has 3 N–H and O–H groups in total. The topological polar surface area (TPSA) is 112 Å². The highest BCUT2D eigenvalue weighted by Crippen LogP contribution is 2.20. The van der Waals surface area contributed by atoms with Crippen molar-refractivity contribution in [2.75, 3.05) is 26.2 Å². The van der Waals surface area contributed by atoms with Crippen LogP contribution >= 0.6 is 0 Å². The Morgan fingerprint density at radius 1 is 1.31 bits per heavy atom. The van der Waals surface area contributed by atoms with Crippen molar-refractivity contribution in [1.29, 1.82) is 0 Å². The SMILES string of the molecule is Cn1ccnc1C1CNCCN1C(=O)CNC(=O)c1c[nH]c2ccccc2c1=O. The molecule has 0 spiro atoms. The lowest BCUT2D eigenvalue weighted by Crippen LogP contribution is -2.52. The Morgan fingerprint density at radius 2 is 2.14 bits per heavy atom. The number of carbonyl (C=O) groups is 2. The number of para-hydroxylation sites is 1. The zero-order chi connectivity index (χ0) is 20.4. The molecule has 3 aromatic rings. The van der Waals surface area contributed by atoms with Gasteiger partial charge in [0.25, 0.3) is 5.91 Å². The molecule has 3 heterocycles. The fourth-order valence-electron chi connectivity index (χ4n) is 3.62. The van der Waals surface area contributed by atoms with E-state index < -0.39 is 5.91 Å². The van der Waals surface area contributed by atoms with E-state index in [4.69, 9.17) is 0 Å². The third kappa shape index (κ3) is 3.64. The smallest absolute Gasteiger partial charge is 0.257 e. The second-order valence-electron chi connectivity index (χ2n) is 6.96. The quantitative estimate of drug-likeness (QED) is 0.584. The van der Waals surface area contributed by atoms with Gasteiger partial charge in [-0.1, -0.05) is 12.1 Å². The first kappa shape index (κ1) is 18.9. The van der Waals surface area contributed by atoms with Crippen LogP contribution in [-0.4, -0.2) is 57.4 Å². The summed E-state index contributed by atoms with van der Waals surface area (Å²) >= 11 is 0. The average molecular weight is 394 g/mol. The van der Waals surface area contributed by atoms with E-state index in [1.54, 1.807) is 29.3 Å². The molecule has 1 atom stereocenters. The first-order chi connectivity index (χ1) is 14.1. The van der Waals surface area contributed by atoms with Crippen LogP contribution in [0, 0.1) is 0 Å². The van der Waals surface area contributed by atoms with Crippen molar-refractivity contribution in [2.45, 2.75) is 6.04 Å². The van der Waals surface area contributed by atoms with Gasteiger partial charge in [-0.05, 0) is 12.1 Å². The third-order valence-electron chi connectivity index (χ3n) is 5.15. The van der Waals surface area contributed by atoms with Gasteiger partial charge in [0.2, 0.25) is 11.3 Å². The number of piperazine rings is 1. The Balaban J connectivity index is 1.47. The highest BCUT2D eigenvalue weighted by molar-refractivity contribution is 5.98. The number of pyridine rings is 1. The van der Waals surface area contributed by atoms with Gasteiger partial charge in [-0.25, -0.2) is 4.98 Å². The second-order valence-corrected chi connectivity index (χ2v) is 6.96. The van der Waals surface area contributed by atoms with Gasteiger partial charge >= 0.3 is 0 Å². The van der Waals surface area contributed by atoms with Gasteiger partial charge in [-0.15, -0.1) is 0 Å². The molecular weight excluding hydrogens is 372 g/mol. The summed E-state index contributed by atoms with van der Waals surface area (Å²) < 4.78 is 1.88. The number of aromatic nitrogens is 3. The Bertz CT molecular complexity index is 1120. The highest BCUT2D eigenvalue weighted by Gasteiger charge is 2.30. The maximum Gasteiger partial charge on any atom is 0.257 e. The van der Waals surface area contributed by atoms with Crippen molar-refractivity contribution in [3.05, 3.63) is 64.5 Å². The van der Waals surface area contributed by atoms with E-state index in [1.165, 1.54) is 6.20 Å². The van der Waals surface area contributed by atoms with Gasteiger partial charge in [-0.2, -0.15) is 0 Å². The number of carbonyl (C=O) groups excluding carboxylic acids is 2. The average Bonchev–Trinajstić information content (AvgIpc) is 3.18. The molecule has 9 nitrogen and oxygen atoms in total. The van der Waals surface area contributed by atoms with Crippen LogP contribution in [0.4, 0.5) is 0 Å². The predicted octanol–water partition coefficient (Wildman–Crippen LogP) is 0.165. The molecule has 2 amide bonds. The van der Waals surface area contributed by atoms with Crippen LogP contribution in [0.2, 0.25) is 0 Å². The monoisotopic (exact) mass is 394 g/mol. The van der Waals surface area contributed by atoms with Crippen molar-refractivity contribution in [1.82, 2.24) is 30.1 Å². The maximum atomic E-state index is 12.8. The minimum atomic E-state index is -0.575. The summed E-state index contributed by atoms with van der Waals surface area (Å²) in [6.45, 7) is 1.59. The molecule has 0 aliphatic carbocycles. The number of nitrogens with zero attached hydrogens (tertiary/aromatic N) is 3. The molecule has 4 rings (SSSR count). The number of benzene rings is 1. The summed E-state index contributed by atoms with van der Waals surface area (Å²) in [5.41, 5.74) is 0.277. The molecule has 0 saturated carbocycles. The number of amides is 2. The zero-order valence-electron chi connectivity index (χ0n) is 16.0. The van der Waals surface area contributed by atoms with E-state index in [1.807, 2.05) is 23.9 Å². The van der Waals surface area contributed by atoms with Crippen LogP contribution in [0.3, 0.4) is 0 Å². The van der Waals surface area contributed by atoms with Crippen LogP contribution in [0.15, 0.2) is 47.7 Å². The Hall–Kier alpha value is -3.46. The van der Waals surface area contributed by atoms with Gasteiger partial charge < -0.3 is 25.1 Å². The summed E-state index contributed by atoms with van der Waals surface area (Å²) in [4.78, 5) is 46.9. The first-order valence-electron chi connectivity index (χ1n) is 9.42. The fourth-order valence-corrected chi connectivity index (χ4v) is 3.62. The van der Waals surface area contributed by atoms with Crippen LogP contribution < -0.4 is 16.1 Å². The minimum Gasteiger partial charge on any atom is -0.360 e. The number of nitrogens with one attached hydrogen (secondary N) is 3. The number of aromatic amines is 1. The molecule has 1 aliphatic rings. The lowest BCUT2D eigenvalue weighted by atomic mass is 10.1. The van der Waals surface area contributed by atoms with E-state index in [2.05, 4.69) is 20.6 Å². The molecule has 1 fully saturated rings. The van der Waals surface area contributed by atoms with Crippen molar-refractivity contribution >= 4 is 22.7 Å². The Labute approximate surface area is 166 Å². The Kier molecular flexibility index (Phi) is 5.13. The highest BCUT2D eigenvalue weighted by atomic mass is 16.2. The standard InChI is InChI=1S/C20H22N6O3/c1-25-8-7-22-19(25)16-11-21-6-9-26(16)17(27)12-24-20(29)14-10-23-15-5-3-2-4-13(15)18(14)28/h2-5,7-8,10,16,21H,6,9,11-12H2,1H3,(H,23,28)(H,24,29). The molecule has 1 unspecified atom stereocenters. The van der Waals surface area contributed by atoms with Gasteiger partial charge in [0.15, 0.2) is 0 Å². The number of aryl methyl sites for hydroxylation is 1. The summed E-state index contributed by atoms with van der Waals surface area (Å²) in [5, 5.41) is 6.29. The lowest BCUT2D eigenvalue weighted by Gasteiger charge is -2.35. The molecule has 1 saturated heterocycles. The second kappa shape index (κ2) is 7.88. The number of hydrogen-bond donors (Lipinski definition) is 3. The van der Waals surface area contributed by atoms with Crippen LogP contribution in [0.25, 0.3) is 10.9 Å². The molecule has 1 aromatic carbocycles. The third-order valence-corrected chi connectivity index (χ3v) is 5.15. The molecule has 1 aliphatic heterocycles. The summed E-state index contributed by atoms with van der Waals surface area (Å²) in [5.74, 6) is -0.0121. The molecule has 29 heavy (non-hydrogen) atoms. The van der Waals surface area contributed by atoms with E-state index in [0.717, 1.165) is 5.82 Å². The van der Waals surface area contributed by atoms with Gasteiger partial charge in [0.1, 0.15) is 17.4 Å². The molecule has 9 heteroatoms. The minimum absolute atomic E-state index is 0.0162. The molecule has 0 radical (unpaired) electrons. The summed E-state index contributed by atoms with van der Waals surface area (Å²) in [6.07, 6.45) is 4.91. The maximum absolute atomic E-state index is 12.8. The largest absolute Gasteiger partial charge is 0.360 e. The van der Waals surface area contributed by atoms with E-state index in [9.17, 15) is 14.4 Å². The van der Waals surface area contributed by atoms with E-state index >= 15 is 0 Å². The molecule has 0 bridgehead atoms. The molecule has 150 valence electrons. The fraction of sp³-hybridized carbons (Fsp3) is 0.300. The number of rotatable bonds is 4. The summed E-state index contributed by atoms with van der Waals surface area (Å²) in [6, 6.07) is 6.77. The van der Waals surface area contributed by atoms with Crippen molar-refractivity contribution in [3.63, 3.8) is 0 Å². The molecule has 2 aromatic heterocycles. The lowest BCUT2D eigenvalue weighted by molar-refractivity contribution is -0.133. The van der Waals surface area contributed by atoms with Gasteiger partial charge in [0.05, 0.1) is 6.54 Å². The van der Waals surface area contributed by atoms with E-state index in [0.29, 0.717) is 30.5 Å². The normalized spacial score (nSPS) is 16.7. The number of H-pyrrole nitrogens is 1. The summed E-state index contributed by atoms with van der Waals surface area (Å²) in [7, 11) is 1.88. The van der Waals surface area contributed by atoms with Crippen molar-refractivity contribution < 1.29 is 9.59 Å². The Morgan fingerprint density at radius 3 is 2.93 bits per heavy atom. The van der Waals surface area contributed by atoms with Gasteiger partial charge in [0, 0.05) is 56.2 Å². The molecular formula is C20H22N6O3. The van der Waals surface area contributed by atoms with E-state index in [-0.39, 0.29) is 29.5 Å². The predicted molar refractivity (Wildman–Crippen MR) is 107 cm³/mol. The van der Waals surface area contributed by atoms with Crippen molar-refractivity contribution in [3.8, 4) is 0 Å². The van der Waals surface area contributed by atoms with Crippen LogP contribution in [0.5, 0.6) is 0 Å².